The van der Waals surface area contributed by atoms with E-state index in [2.05, 4.69) is 0 Å². The molecule has 0 bridgehead atoms. The van der Waals surface area contributed by atoms with Crippen molar-refractivity contribution in [3.05, 3.63) is 45.6 Å². The number of benzene rings is 1. The molecular formula is C13H12ClNO2S. The summed E-state index contributed by atoms with van der Waals surface area (Å²) in [6, 6.07) is 8.99. The highest BCUT2D eigenvalue weighted by atomic mass is 35.5. The van der Waals surface area contributed by atoms with Crippen LogP contribution in [0, 0.1) is 0 Å². The fourth-order valence-electron chi connectivity index (χ4n) is 1.66. The van der Waals surface area contributed by atoms with Crippen molar-refractivity contribution in [2.24, 2.45) is 5.73 Å². The second kappa shape index (κ2) is 5.52. The predicted molar refractivity (Wildman–Crippen MR) is 73.9 cm³/mol. The molecule has 0 aliphatic carbocycles. The topological polar surface area (TPSA) is 63.3 Å². The van der Waals surface area contributed by atoms with Crippen LogP contribution in [-0.4, -0.2) is 11.1 Å². The van der Waals surface area contributed by atoms with Crippen LogP contribution < -0.4 is 5.73 Å². The summed E-state index contributed by atoms with van der Waals surface area (Å²) in [7, 11) is 0. The Bertz CT molecular complexity index is 568. The Morgan fingerprint density at radius 2 is 2.17 bits per heavy atom. The van der Waals surface area contributed by atoms with E-state index >= 15 is 0 Å². The maximum absolute atomic E-state index is 10.6. The van der Waals surface area contributed by atoms with Crippen molar-refractivity contribution in [1.82, 2.24) is 0 Å². The molecule has 3 N–H and O–H groups in total. The average Bonchev–Trinajstić information content (AvgIpc) is 2.77. The maximum Gasteiger partial charge on any atom is 0.305 e. The fourth-order valence-corrected chi connectivity index (χ4v) is 2.77. The van der Waals surface area contributed by atoms with Gasteiger partial charge in [0.05, 0.1) is 6.42 Å². The summed E-state index contributed by atoms with van der Waals surface area (Å²) in [5.41, 5.74) is 7.84. The molecule has 3 nitrogen and oxygen atoms in total. The Morgan fingerprint density at radius 3 is 2.83 bits per heavy atom. The van der Waals surface area contributed by atoms with Crippen molar-refractivity contribution in [2.75, 3.05) is 0 Å². The van der Waals surface area contributed by atoms with E-state index in [1.54, 1.807) is 0 Å². The number of thiophene rings is 1. The van der Waals surface area contributed by atoms with Crippen LogP contribution in [0.25, 0.3) is 11.1 Å². The summed E-state index contributed by atoms with van der Waals surface area (Å²) in [5.74, 6) is -0.889. The molecule has 0 saturated heterocycles. The largest absolute Gasteiger partial charge is 0.481 e. The van der Waals surface area contributed by atoms with Gasteiger partial charge in [-0.15, -0.1) is 11.3 Å². The monoisotopic (exact) mass is 281 g/mol. The summed E-state index contributed by atoms with van der Waals surface area (Å²) in [6.45, 7) is 0. The lowest BCUT2D eigenvalue weighted by atomic mass is 10.1. The molecule has 1 heterocycles. The van der Waals surface area contributed by atoms with Gasteiger partial charge in [-0.2, -0.15) is 0 Å². The Labute approximate surface area is 114 Å². The number of halogens is 1. The number of carboxylic acid groups (broad SMARTS) is 1. The van der Waals surface area contributed by atoms with Crippen LogP contribution in [0.15, 0.2) is 35.7 Å². The second-order valence-electron chi connectivity index (χ2n) is 3.95. The molecule has 0 saturated carbocycles. The van der Waals surface area contributed by atoms with Gasteiger partial charge in [0.25, 0.3) is 0 Å². The Morgan fingerprint density at radius 1 is 1.39 bits per heavy atom. The van der Waals surface area contributed by atoms with Crippen molar-refractivity contribution in [3.63, 3.8) is 0 Å². The van der Waals surface area contributed by atoms with Crippen LogP contribution in [0.5, 0.6) is 0 Å². The maximum atomic E-state index is 10.6. The molecule has 0 aliphatic rings. The molecule has 0 radical (unpaired) electrons. The van der Waals surface area contributed by atoms with Crippen LogP contribution in [-0.2, 0) is 4.79 Å². The fraction of sp³-hybridized carbons (Fsp3) is 0.154. The smallest absolute Gasteiger partial charge is 0.305 e. The van der Waals surface area contributed by atoms with Gasteiger partial charge in [0.2, 0.25) is 0 Å². The van der Waals surface area contributed by atoms with E-state index < -0.39 is 12.0 Å². The van der Waals surface area contributed by atoms with Crippen LogP contribution >= 0.6 is 22.9 Å². The van der Waals surface area contributed by atoms with Gasteiger partial charge in [-0.1, -0.05) is 23.7 Å². The van der Waals surface area contributed by atoms with Crippen LogP contribution in [0.4, 0.5) is 0 Å². The highest BCUT2D eigenvalue weighted by molar-refractivity contribution is 7.10. The number of carboxylic acids is 1. The third-order valence-corrected chi connectivity index (χ3v) is 3.84. The van der Waals surface area contributed by atoms with E-state index in [0.29, 0.717) is 5.02 Å². The van der Waals surface area contributed by atoms with Gasteiger partial charge in [0, 0.05) is 15.9 Å². The van der Waals surface area contributed by atoms with Gasteiger partial charge in [-0.25, -0.2) is 0 Å². The molecule has 1 aromatic carbocycles. The molecule has 0 fully saturated rings. The average molecular weight is 282 g/mol. The minimum absolute atomic E-state index is 0.0600. The first-order valence-corrected chi connectivity index (χ1v) is 6.64. The van der Waals surface area contributed by atoms with Crippen molar-refractivity contribution >= 4 is 28.9 Å². The molecule has 18 heavy (non-hydrogen) atoms. The predicted octanol–water partition coefficient (Wildman–Crippen LogP) is 3.54. The Hall–Kier alpha value is -1.36. The van der Waals surface area contributed by atoms with Crippen molar-refractivity contribution < 1.29 is 9.90 Å². The third-order valence-electron chi connectivity index (χ3n) is 2.54. The quantitative estimate of drug-likeness (QED) is 0.901. The van der Waals surface area contributed by atoms with Crippen LogP contribution in [0.2, 0.25) is 5.02 Å². The first-order valence-electron chi connectivity index (χ1n) is 5.38. The standard InChI is InChI=1S/C13H12ClNO2S/c14-10-3-1-2-8(4-10)9-5-12(18-7-9)11(15)6-13(16)17/h1-5,7,11H,6,15H2,(H,16,17)/t11-/m0/s1. The summed E-state index contributed by atoms with van der Waals surface area (Å²) < 4.78 is 0. The number of hydrogen-bond acceptors (Lipinski definition) is 3. The molecule has 1 aromatic heterocycles. The highest BCUT2D eigenvalue weighted by Crippen LogP contribution is 2.30. The van der Waals surface area contributed by atoms with E-state index in [1.165, 1.54) is 11.3 Å². The van der Waals surface area contributed by atoms with E-state index in [1.807, 2.05) is 35.7 Å². The molecule has 0 spiro atoms. The van der Waals surface area contributed by atoms with Gasteiger partial charge in [-0.3, -0.25) is 4.79 Å². The number of hydrogen-bond donors (Lipinski definition) is 2. The lowest BCUT2D eigenvalue weighted by Crippen LogP contribution is -2.13. The summed E-state index contributed by atoms with van der Waals surface area (Å²) in [6.07, 6.45) is -0.0600. The molecule has 2 aromatic rings. The van der Waals surface area contributed by atoms with E-state index in [4.69, 9.17) is 22.4 Å². The van der Waals surface area contributed by atoms with Gasteiger partial charge in [0.1, 0.15) is 0 Å². The lowest BCUT2D eigenvalue weighted by Gasteiger charge is -2.04. The Balaban J connectivity index is 2.22. The van der Waals surface area contributed by atoms with E-state index in [9.17, 15) is 4.79 Å². The molecule has 1 atom stereocenters. The highest BCUT2D eigenvalue weighted by Gasteiger charge is 2.13. The minimum Gasteiger partial charge on any atom is -0.481 e. The number of rotatable bonds is 4. The van der Waals surface area contributed by atoms with Gasteiger partial charge < -0.3 is 10.8 Å². The van der Waals surface area contributed by atoms with Crippen molar-refractivity contribution in [1.29, 1.82) is 0 Å². The van der Waals surface area contributed by atoms with Crippen LogP contribution in [0.3, 0.4) is 0 Å². The number of aliphatic carboxylic acids is 1. The van der Waals surface area contributed by atoms with Gasteiger partial charge in [0.15, 0.2) is 0 Å². The first-order chi connectivity index (χ1) is 8.56. The number of carbonyl (C=O) groups is 1. The normalized spacial score (nSPS) is 12.3. The van der Waals surface area contributed by atoms with E-state index in [-0.39, 0.29) is 6.42 Å². The molecule has 0 aliphatic heterocycles. The molecule has 0 amide bonds. The first kappa shape index (κ1) is 13.1. The van der Waals surface area contributed by atoms with Crippen molar-refractivity contribution in [2.45, 2.75) is 12.5 Å². The second-order valence-corrected chi connectivity index (χ2v) is 5.33. The molecular weight excluding hydrogens is 270 g/mol. The van der Waals surface area contributed by atoms with Crippen molar-refractivity contribution in [3.8, 4) is 11.1 Å². The molecule has 94 valence electrons. The lowest BCUT2D eigenvalue weighted by molar-refractivity contribution is -0.137. The SMILES string of the molecule is N[C@@H](CC(=O)O)c1cc(-c2cccc(Cl)c2)cs1. The zero-order valence-corrected chi connectivity index (χ0v) is 11.0. The minimum atomic E-state index is -0.889. The molecule has 2 rings (SSSR count). The van der Waals surface area contributed by atoms with Gasteiger partial charge in [-0.05, 0) is 34.7 Å². The van der Waals surface area contributed by atoms with E-state index in [0.717, 1.165) is 16.0 Å². The summed E-state index contributed by atoms with van der Waals surface area (Å²) in [4.78, 5) is 11.5. The zero-order chi connectivity index (χ0) is 13.1. The zero-order valence-electron chi connectivity index (χ0n) is 9.47. The Kier molecular flexibility index (Phi) is 4.01. The van der Waals surface area contributed by atoms with Gasteiger partial charge >= 0.3 is 5.97 Å². The summed E-state index contributed by atoms with van der Waals surface area (Å²) >= 11 is 7.40. The molecule has 0 unspecified atom stereocenters. The number of nitrogens with two attached hydrogens (primary N) is 1. The van der Waals surface area contributed by atoms with Crippen LogP contribution in [0.1, 0.15) is 17.3 Å². The third kappa shape index (κ3) is 3.10. The summed E-state index contributed by atoms with van der Waals surface area (Å²) in [5, 5.41) is 11.3. The molecule has 5 heteroatoms.